The Kier molecular flexibility index (Phi) is 2.92. The Morgan fingerprint density at radius 1 is 1.33 bits per heavy atom. The molecular formula is C8H6BrF2N. The summed E-state index contributed by atoms with van der Waals surface area (Å²) >= 11 is 2.87. The number of nitrogens with zero attached hydrogens (tertiary/aromatic N) is 1. The minimum atomic E-state index is -0.882. The van der Waals surface area contributed by atoms with Gasteiger partial charge in [-0.2, -0.15) is 0 Å². The molecule has 1 aromatic rings. The fourth-order valence-electron chi connectivity index (χ4n) is 0.780. The number of hydrogen-bond donors (Lipinski definition) is 0. The second-order valence-corrected chi connectivity index (χ2v) is 3.01. The average Bonchev–Trinajstić information content (AvgIpc) is 2.07. The first-order valence-electron chi connectivity index (χ1n) is 3.22. The molecule has 0 fully saturated rings. The van der Waals surface area contributed by atoms with Crippen molar-refractivity contribution in [2.24, 2.45) is 4.99 Å². The third-order valence-corrected chi connectivity index (χ3v) is 1.95. The molecule has 0 amide bonds. The van der Waals surface area contributed by atoms with Crippen molar-refractivity contribution in [1.82, 2.24) is 0 Å². The lowest BCUT2D eigenvalue weighted by Gasteiger charge is -1.98. The van der Waals surface area contributed by atoms with Gasteiger partial charge >= 0.3 is 0 Å². The fraction of sp³-hybridized carbons (Fsp3) is 0.125. The molecule has 0 atom stereocenters. The third kappa shape index (κ3) is 1.69. The van der Waals surface area contributed by atoms with E-state index in [2.05, 4.69) is 20.9 Å². The number of aliphatic imine (C=N–C) groups is 1. The largest absolute Gasteiger partial charge is 0.296 e. The standard InChI is InChI=1S/C8H6BrF2N/c1-12-4-5-2-3-6(9)8(11)7(5)10/h2-4H,1H3/b12-4+. The summed E-state index contributed by atoms with van der Waals surface area (Å²) in [6.45, 7) is 0. The zero-order valence-electron chi connectivity index (χ0n) is 6.31. The van der Waals surface area contributed by atoms with Crippen molar-refractivity contribution in [2.75, 3.05) is 7.05 Å². The molecule has 0 bridgehead atoms. The summed E-state index contributed by atoms with van der Waals surface area (Å²) in [7, 11) is 1.50. The van der Waals surface area contributed by atoms with Crippen LogP contribution >= 0.6 is 15.9 Å². The maximum Gasteiger partial charge on any atom is 0.173 e. The molecule has 0 spiro atoms. The van der Waals surface area contributed by atoms with Crippen LogP contribution in [-0.2, 0) is 0 Å². The van der Waals surface area contributed by atoms with Crippen LogP contribution in [0.2, 0.25) is 0 Å². The van der Waals surface area contributed by atoms with E-state index < -0.39 is 11.6 Å². The van der Waals surface area contributed by atoms with Crippen LogP contribution in [0.3, 0.4) is 0 Å². The van der Waals surface area contributed by atoms with Crippen LogP contribution < -0.4 is 0 Å². The molecule has 0 aliphatic rings. The van der Waals surface area contributed by atoms with Crippen LogP contribution in [0.15, 0.2) is 21.6 Å². The van der Waals surface area contributed by atoms with Gasteiger partial charge in [-0.1, -0.05) is 0 Å². The average molecular weight is 234 g/mol. The van der Waals surface area contributed by atoms with Gasteiger partial charge in [-0.05, 0) is 28.1 Å². The third-order valence-electron chi connectivity index (χ3n) is 1.33. The molecule has 1 rings (SSSR count). The summed E-state index contributed by atoms with van der Waals surface area (Å²) < 4.78 is 25.9. The van der Waals surface area contributed by atoms with E-state index in [0.29, 0.717) is 0 Å². The van der Waals surface area contributed by atoms with Gasteiger partial charge in [0.05, 0.1) is 4.47 Å². The molecule has 0 N–H and O–H groups in total. The van der Waals surface area contributed by atoms with Crippen molar-refractivity contribution in [3.63, 3.8) is 0 Å². The molecule has 0 radical (unpaired) electrons. The molecule has 0 unspecified atom stereocenters. The van der Waals surface area contributed by atoms with Crippen molar-refractivity contribution in [2.45, 2.75) is 0 Å². The van der Waals surface area contributed by atoms with Crippen molar-refractivity contribution in [3.8, 4) is 0 Å². The smallest absolute Gasteiger partial charge is 0.173 e. The van der Waals surface area contributed by atoms with Crippen LogP contribution in [0, 0.1) is 11.6 Å². The monoisotopic (exact) mass is 233 g/mol. The number of hydrogen-bond acceptors (Lipinski definition) is 1. The molecular weight excluding hydrogens is 228 g/mol. The van der Waals surface area contributed by atoms with Gasteiger partial charge in [0.2, 0.25) is 0 Å². The van der Waals surface area contributed by atoms with E-state index >= 15 is 0 Å². The summed E-state index contributed by atoms with van der Waals surface area (Å²) in [5.74, 6) is -1.76. The van der Waals surface area contributed by atoms with Gasteiger partial charge in [-0.3, -0.25) is 4.99 Å². The quantitative estimate of drug-likeness (QED) is 0.523. The second kappa shape index (κ2) is 3.76. The van der Waals surface area contributed by atoms with Crippen molar-refractivity contribution in [1.29, 1.82) is 0 Å². The van der Waals surface area contributed by atoms with E-state index in [-0.39, 0.29) is 10.0 Å². The molecule has 12 heavy (non-hydrogen) atoms. The van der Waals surface area contributed by atoms with Crippen LogP contribution in [0.1, 0.15) is 5.56 Å². The molecule has 64 valence electrons. The maximum absolute atomic E-state index is 13.0. The van der Waals surface area contributed by atoms with Crippen LogP contribution in [0.25, 0.3) is 0 Å². The Balaban J connectivity index is 3.26. The summed E-state index contributed by atoms with van der Waals surface area (Å²) in [4.78, 5) is 3.59. The van der Waals surface area contributed by atoms with Crippen molar-refractivity contribution >= 4 is 22.1 Å². The van der Waals surface area contributed by atoms with Gasteiger partial charge in [-0.15, -0.1) is 0 Å². The lowest BCUT2D eigenvalue weighted by atomic mass is 10.2. The molecule has 0 aliphatic carbocycles. The van der Waals surface area contributed by atoms with E-state index in [0.717, 1.165) is 0 Å². The fourth-order valence-corrected chi connectivity index (χ4v) is 1.09. The van der Waals surface area contributed by atoms with E-state index in [1.165, 1.54) is 25.4 Å². The SMILES string of the molecule is C/N=C/c1ccc(Br)c(F)c1F. The number of halogens is 3. The van der Waals surface area contributed by atoms with Crippen molar-refractivity contribution < 1.29 is 8.78 Å². The highest BCUT2D eigenvalue weighted by atomic mass is 79.9. The maximum atomic E-state index is 13.0. The van der Waals surface area contributed by atoms with Gasteiger partial charge in [0.25, 0.3) is 0 Å². The van der Waals surface area contributed by atoms with E-state index in [1.54, 1.807) is 0 Å². The van der Waals surface area contributed by atoms with E-state index in [1.807, 2.05) is 0 Å². The Hall–Kier alpha value is -0.770. The zero-order valence-corrected chi connectivity index (χ0v) is 7.90. The molecule has 1 aromatic carbocycles. The zero-order chi connectivity index (χ0) is 9.14. The van der Waals surface area contributed by atoms with Gasteiger partial charge < -0.3 is 0 Å². The molecule has 0 saturated carbocycles. The number of benzene rings is 1. The normalized spacial score (nSPS) is 11.0. The second-order valence-electron chi connectivity index (χ2n) is 2.15. The highest BCUT2D eigenvalue weighted by Gasteiger charge is 2.09. The highest BCUT2D eigenvalue weighted by Crippen LogP contribution is 2.19. The predicted molar refractivity (Wildman–Crippen MR) is 47.6 cm³/mol. The Morgan fingerprint density at radius 2 is 2.00 bits per heavy atom. The van der Waals surface area contributed by atoms with E-state index in [9.17, 15) is 8.78 Å². The molecule has 1 nitrogen and oxygen atoms in total. The van der Waals surface area contributed by atoms with Crippen LogP contribution in [-0.4, -0.2) is 13.3 Å². The molecule has 4 heteroatoms. The van der Waals surface area contributed by atoms with Crippen molar-refractivity contribution in [3.05, 3.63) is 33.8 Å². The minimum Gasteiger partial charge on any atom is -0.296 e. The first-order chi connectivity index (χ1) is 5.66. The Labute approximate surface area is 77.3 Å². The summed E-state index contributed by atoms with van der Waals surface area (Å²) in [6.07, 6.45) is 1.27. The first kappa shape index (κ1) is 9.32. The van der Waals surface area contributed by atoms with Gasteiger partial charge in [-0.25, -0.2) is 8.78 Å². The topological polar surface area (TPSA) is 12.4 Å². The molecule has 0 heterocycles. The molecule has 0 saturated heterocycles. The summed E-state index contributed by atoms with van der Waals surface area (Å²) in [6, 6.07) is 2.89. The summed E-state index contributed by atoms with van der Waals surface area (Å²) in [5.41, 5.74) is 0.151. The minimum absolute atomic E-state index is 0.119. The highest BCUT2D eigenvalue weighted by molar-refractivity contribution is 9.10. The van der Waals surface area contributed by atoms with Crippen LogP contribution in [0.5, 0.6) is 0 Å². The van der Waals surface area contributed by atoms with Crippen LogP contribution in [0.4, 0.5) is 8.78 Å². The summed E-state index contributed by atoms with van der Waals surface area (Å²) in [5, 5.41) is 0. The van der Waals surface area contributed by atoms with Gasteiger partial charge in [0, 0.05) is 18.8 Å². The van der Waals surface area contributed by atoms with Gasteiger partial charge in [0.1, 0.15) is 0 Å². The Bertz CT molecular complexity index is 323. The predicted octanol–water partition coefficient (Wildman–Crippen LogP) is 2.78. The first-order valence-corrected chi connectivity index (χ1v) is 4.01. The Morgan fingerprint density at radius 3 is 2.58 bits per heavy atom. The molecule has 0 aliphatic heterocycles. The number of rotatable bonds is 1. The lowest BCUT2D eigenvalue weighted by Crippen LogP contribution is -1.93. The lowest BCUT2D eigenvalue weighted by molar-refractivity contribution is 0.503. The van der Waals surface area contributed by atoms with Gasteiger partial charge in [0.15, 0.2) is 11.6 Å². The van der Waals surface area contributed by atoms with E-state index in [4.69, 9.17) is 0 Å². The molecule has 0 aromatic heterocycles.